The molecule has 1 atom stereocenters. The van der Waals surface area contributed by atoms with Crippen molar-refractivity contribution in [3.63, 3.8) is 0 Å². The molecule has 0 radical (unpaired) electrons. The van der Waals surface area contributed by atoms with Crippen LogP contribution in [-0.2, 0) is 4.74 Å². The van der Waals surface area contributed by atoms with E-state index in [1.54, 1.807) is 0 Å². The van der Waals surface area contributed by atoms with Gasteiger partial charge in [0.15, 0.2) is 0 Å². The minimum Gasteiger partial charge on any atom is -0.444 e. The second-order valence-electron chi connectivity index (χ2n) is 5.82. The summed E-state index contributed by atoms with van der Waals surface area (Å²) < 4.78 is 5.22. The molecule has 0 bridgehead atoms. The van der Waals surface area contributed by atoms with E-state index in [2.05, 4.69) is 24.5 Å². The molecule has 88 valence electrons. The predicted molar refractivity (Wildman–Crippen MR) is 59.8 cm³/mol. The van der Waals surface area contributed by atoms with Crippen LogP contribution in [0, 0.1) is 5.41 Å². The van der Waals surface area contributed by atoms with Gasteiger partial charge < -0.3 is 15.4 Å². The fourth-order valence-electron chi connectivity index (χ4n) is 1.63. The van der Waals surface area contributed by atoms with E-state index in [1.807, 2.05) is 20.8 Å². The van der Waals surface area contributed by atoms with Crippen molar-refractivity contribution in [2.75, 3.05) is 13.1 Å². The van der Waals surface area contributed by atoms with Crippen LogP contribution in [-0.4, -0.2) is 30.8 Å². The zero-order valence-electron chi connectivity index (χ0n) is 10.3. The summed E-state index contributed by atoms with van der Waals surface area (Å²) in [5, 5.41) is 6.16. The first-order valence-electron chi connectivity index (χ1n) is 5.41. The van der Waals surface area contributed by atoms with Crippen LogP contribution in [0.5, 0.6) is 0 Å². The molecule has 0 aliphatic carbocycles. The molecular formula is C11H22N2O2. The first-order chi connectivity index (χ1) is 6.71. The molecule has 1 fully saturated rings. The molecule has 0 aromatic carbocycles. The van der Waals surface area contributed by atoms with E-state index in [9.17, 15) is 4.79 Å². The minimum atomic E-state index is -0.430. The maximum absolute atomic E-state index is 11.5. The second kappa shape index (κ2) is 4.00. The van der Waals surface area contributed by atoms with Crippen LogP contribution >= 0.6 is 0 Å². The van der Waals surface area contributed by atoms with E-state index in [4.69, 9.17) is 4.74 Å². The van der Waals surface area contributed by atoms with Crippen LogP contribution in [0.1, 0.15) is 34.6 Å². The lowest BCUT2D eigenvalue weighted by Crippen LogP contribution is -2.46. The molecule has 2 N–H and O–H groups in total. The van der Waals surface area contributed by atoms with Crippen molar-refractivity contribution in [2.24, 2.45) is 5.41 Å². The van der Waals surface area contributed by atoms with Crippen molar-refractivity contribution in [1.82, 2.24) is 10.6 Å². The summed E-state index contributed by atoms with van der Waals surface area (Å²) >= 11 is 0. The molecule has 0 saturated carbocycles. The SMILES string of the molecule is CC(C)(C)OC(=O)N[C@@H]1CNCC1(C)C. The van der Waals surface area contributed by atoms with Crippen LogP contribution in [0.25, 0.3) is 0 Å². The fraction of sp³-hybridized carbons (Fsp3) is 0.909. The first kappa shape index (κ1) is 12.3. The van der Waals surface area contributed by atoms with Gasteiger partial charge in [0.2, 0.25) is 0 Å². The standard InChI is InChI=1S/C11H22N2O2/c1-10(2,3)15-9(14)13-8-6-12-7-11(8,4)5/h8,12H,6-7H2,1-5H3,(H,13,14)/t8-/m1/s1. The lowest BCUT2D eigenvalue weighted by Gasteiger charge is -2.28. The molecule has 0 unspecified atom stereocenters. The molecular weight excluding hydrogens is 192 g/mol. The fourth-order valence-corrected chi connectivity index (χ4v) is 1.63. The van der Waals surface area contributed by atoms with E-state index in [1.165, 1.54) is 0 Å². The average molecular weight is 214 g/mol. The molecule has 1 amide bonds. The Balaban J connectivity index is 2.45. The summed E-state index contributed by atoms with van der Waals surface area (Å²) in [6, 6.07) is 0.146. The summed E-state index contributed by atoms with van der Waals surface area (Å²) in [6.45, 7) is 11.6. The highest BCUT2D eigenvalue weighted by Gasteiger charge is 2.36. The Labute approximate surface area is 91.8 Å². The highest BCUT2D eigenvalue weighted by Crippen LogP contribution is 2.24. The van der Waals surface area contributed by atoms with Gasteiger partial charge in [0.1, 0.15) is 5.60 Å². The van der Waals surface area contributed by atoms with Crippen LogP contribution in [0.3, 0.4) is 0 Å². The third-order valence-corrected chi connectivity index (χ3v) is 2.56. The molecule has 4 heteroatoms. The lowest BCUT2D eigenvalue weighted by molar-refractivity contribution is 0.0480. The third-order valence-electron chi connectivity index (χ3n) is 2.56. The van der Waals surface area contributed by atoms with E-state index < -0.39 is 5.60 Å². The Morgan fingerprint density at radius 1 is 1.47 bits per heavy atom. The Morgan fingerprint density at radius 3 is 2.47 bits per heavy atom. The number of carbonyl (C=O) groups is 1. The zero-order valence-corrected chi connectivity index (χ0v) is 10.3. The van der Waals surface area contributed by atoms with E-state index in [0.29, 0.717) is 0 Å². The van der Waals surface area contributed by atoms with E-state index in [0.717, 1.165) is 13.1 Å². The quantitative estimate of drug-likeness (QED) is 0.695. The summed E-state index contributed by atoms with van der Waals surface area (Å²) in [5.74, 6) is 0. The largest absolute Gasteiger partial charge is 0.444 e. The van der Waals surface area contributed by atoms with Gasteiger partial charge in [0.05, 0.1) is 6.04 Å². The molecule has 0 aromatic heterocycles. The molecule has 0 aromatic rings. The van der Waals surface area contributed by atoms with Crippen LogP contribution in [0.15, 0.2) is 0 Å². The van der Waals surface area contributed by atoms with Crippen LogP contribution in [0.2, 0.25) is 0 Å². The van der Waals surface area contributed by atoms with Gasteiger partial charge in [-0.05, 0) is 26.2 Å². The van der Waals surface area contributed by atoms with Crippen LogP contribution in [0.4, 0.5) is 4.79 Å². The molecule has 15 heavy (non-hydrogen) atoms. The number of alkyl carbamates (subject to hydrolysis) is 1. The average Bonchev–Trinajstić information content (AvgIpc) is 2.26. The molecule has 1 heterocycles. The summed E-state index contributed by atoms with van der Waals surface area (Å²) in [6.07, 6.45) is -0.329. The molecule has 4 nitrogen and oxygen atoms in total. The Bertz CT molecular complexity index is 243. The van der Waals surface area contributed by atoms with Gasteiger partial charge in [-0.2, -0.15) is 0 Å². The number of ether oxygens (including phenoxy) is 1. The Morgan fingerprint density at radius 2 is 2.07 bits per heavy atom. The van der Waals surface area contributed by atoms with Crippen molar-refractivity contribution >= 4 is 6.09 Å². The maximum atomic E-state index is 11.5. The van der Waals surface area contributed by atoms with Gasteiger partial charge in [0, 0.05) is 13.1 Å². The molecule has 1 aliphatic heterocycles. The minimum absolute atomic E-state index is 0.0942. The highest BCUT2D eigenvalue weighted by molar-refractivity contribution is 5.68. The number of hydrogen-bond donors (Lipinski definition) is 2. The lowest BCUT2D eigenvalue weighted by atomic mass is 9.88. The molecule has 1 rings (SSSR count). The Kier molecular flexibility index (Phi) is 3.28. The molecule has 0 spiro atoms. The second-order valence-corrected chi connectivity index (χ2v) is 5.82. The van der Waals surface area contributed by atoms with Crippen LogP contribution < -0.4 is 10.6 Å². The van der Waals surface area contributed by atoms with Crippen molar-refractivity contribution in [1.29, 1.82) is 0 Å². The van der Waals surface area contributed by atoms with Gasteiger partial charge in [0.25, 0.3) is 0 Å². The van der Waals surface area contributed by atoms with Gasteiger partial charge in [-0.15, -0.1) is 0 Å². The van der Waals surface area contributed by atoms with Crippen molar-refractivity contribution in [2.45, 2.75) is 46.3 Å². The van der Waals surface area contributed by atoms with Gasteiger partial charge >= 0.3 is 6.09 Å². The highest BCUT2D eigenvalue weighted by atomic mass is 16.6. The van der Waals surface area contributed by atoms with Gasteiger partial charge in [-0.1, -0.05) is 13.8 Å². The van der Waals surface area contributed by atoms with Gasteiger partial charge in [-0.25, -0.2) is 4.79 Å². The summed E-state index contributed by atoms with van der Waals surface area (Å²) in [7, 11) is 0. The number of nitrogens with one attached hydrogen (secondary N) is 2. The third kappa shape index (κ3) is 3.70. The van der Waals surface area contributed by atoms with Crippen molar-refractivity contribution in [3.05, 3.63) is 0 Å². The predicted octanol–water partition coefficient (Wildman–Crippen LogP) is 1.51. The van der Waals surface area contributed by atoms with Gasteiger partial charge in [-0.3, -0.25) is 0 Å². The number of rotatable bonds is 1. The molecule has 1 saturated heterocycles. The maximum Gasteiger partial charge on any atom is 0.407 e. The first-order valence-corrected chi connectivity index (χ1v) is 5.41. The van der Waals surface area contributed by atoms with E-state index >= 15 is 0 Å². The van der Waals surface area contributed by atoms with Crippen molar-refractivity contribution < 1.29 is 9.53 Å². The molecule has 1 aliphatic rings. The summed E-state index contributed by atoms with van der Waals surface area (Å²) in [4.78, 5) is 11.5. The summed E-state index contributed by atoms with van der Waals surface area (Å²) in [5.41, 5.74) is -0.336. The monoisotopic (exact) mass is 214 g/mol. The number of amides is 1. The Hall–Kier alpha value is -0.770. The van der Waals surface area contributed by atoms with E-state index in [-0.39, 0.29) is 17.6 Å². The zero-order chi connectivity index (χ0) is 11.7. The van der Waals surface area contributed by atoms with Crippen molar-refractivity contribution in [3.8, 4) is 0 Å². The topological polar surface area (TPSA) is 50.4 Å². The normalized spacial score (nSPS) is 25.0. The number of hydrogen-bond acceptors (Lipinski definition) is 3. The smallest absolute Gasteiger partial charge is 0.407 e. The number of carbonyl (C=O) groups excluding carboxylic acids is 1.